The molecular weight excluding hydrogens is 179 g/mol. The molecule has 0 unspecified atom stereocenters. The van der Waals surface area contributed by atoms with Crippen molar-refractivity contribution < 1.29 is 4.39 Å². The Bertz CT molecular complexity index is 299. The molecule has 12 heavy (non-hydrogen) atoms. The van der Waals surface area contributed by atoms with Crippen LogP contribution in [0.2, 0.25) is 5.28 Å². The minimum absolute atomic E-state index is 0.137. The first-order valence-electron chi connectivity index (χ1n) is 3.95. The fraction of sp³-hybridized carbons (Fsp3) is 0.500. The van der Waals surface area contributed by atoms with E-state index in [-0.39, 0.29) is 17.0 Å². The number of hydrogen-bond donors (Lipinski definition) is 0. The second kappa shape index (κ2) is 2.98. The molecule has 0 bridgehead atoms. The Kier molecular flexibility index (Phi) is 1.97. The molecule has 1 aliphatic rings. The third kappa shape index (κ3) is 1.29. The largest absolute Gasteiger partial charge is 0.223 e. The molecule has 1 aliphatic carbocycles. The molecule has 1 heterocycles. The highest BCUT2D eigenvalue weighted by molar-refractivity contribution is 6.28. The van der Waals surface area contributed by atoms with Crippen molar-refractivity contribution in [2.75, 3.05) is 0 Å². The van der Waals surface area contributed by atoms with Gasteiger partial charge in [0.25, 0.3) is 0 Å². The second-order valence-electron chi connectivity index (χ2n) is 3.00. The van der Waals surface area contributed by atoms with Crippen LogP contribution in [0.15, 0.2) is 6.20 Å². The molecule has 0 radical (unpaired) electrons. The Morgan fingerprint density at radius 2 is 2.25 bits per heavy atom. The Balaban J connectivity index is 2.34. The first kappa shape index (κ1) is 7.92. The zero-order valence-corrected chi connectivity index (χ0v) is 7.18. The predicted molar refractivity (Wildman–Crippen MR) is 43.6 cm³/mol. The summed E-state index contributed by atoms with van der Waals surface area (Å²) in [7, 11) is 0. The van der Waals surface area contributed by atoms with Gasteiger partial charge in [-0.2, -0.15) is 0 Å². The molecule has 64 valence electrons. The van der Waals surface area contributed by atoms with Crippen molar-refractivity contribution in [1.29, 1.82) is 0 Å². The van der Waals surface area contributed by atoms with E-state index in [1.807, 2.05) is 0 Å². The van der Waals surface area contributed by atoms with Crippen molar-refractivity contribution in [3.63, 3.8) is 0 Å². The van der Waals surface area contributed by atoms with E-state index in [1.165, 1.54) is 0 Å². The molecule has 1 aromatic heterocycles. The van der Waals surface area contributed by atoms with Gasteiger partial charge >= 0.3 is 0 Å². The van der Waals surface area contributed by atoms with E-state index in [4.69, 9.17) is 11.6 Å². The molecule has 2 nitrogen and oxygen atoms in total. The van der Waals surface area contributed by atoms with E-state index >= 15 is 0 Å². The zero-order valence-electron chi connectivity index (χ0n) is 6.43. The average molecular weight is 187 g/mol. The highest BCUT2D eigenvalue weighted by Gasteiger charge is 2.24. The standard InChI is InChI=1S/C8H8ClFN2/c9-8-11-4-6(10)7(12-8)5-2-1-3-5/h4-5H,1-3H2. The topological polar surface area (TPSA) is 25.8 Å². The molecule has 1 aromatic rings. The van der Waals surface area contributed by atoms with Crippen molar-refractivity contribution in [3.8, 4) is 0 Å². The quantitative estimate of drug-likeness (QED) is 0.630. The predicted octanol–water partition coefficient (Wildman–Crippen LogP) is 2.54. The smallest absolute Gasteiger partial charge is 0.222 e. The Labute approximate surface area is 74.8 Å². The summed E-state index contributed by atoms with van der Waals surface area (Å²) in [5, 5.41) is 0.137. The van der Waals surface area contributed by atoms with Gasteiger partial charge in [-0.15, -0.1) is 0 Å². The summed E-state index contributed by atoms with van der Waals surface area (Å²) >= 11 is 5.55. The number of hydrogen-bond acceptors (Lipinski definition) is 2. The van der Waals surface area contributed by atoms with E-state index in [0.717, 1.165) is 25.5 Å². The maximum atomic E-state index is 13.1. The van der Waals surface area contributed by atoms with Crippen LogP contribution in [0.3, 0.4) is 0 Å². The lowest BCUT2D eigenvalue weighted by molar-refractivity contribution is 0.392. The molecule has 0 N–H and O–H groups in total. The van der Waals surface area contributed by atoms with E-state index in [9.17, 15) is 4.39 Å². The molecule has 0 aromatic carbocycles. The molecule has 4 heteroatoms. The molecule has 0 aliphatic heterocycles. The summed E-state index contributed by atoms with van der Waals surface area (Å²) in [6.45, 7) is 0. The van der Waals surface area contributed by atoms with Gasteiger partial charge in [0, 0.05) is 5.92 Å². The number of nitrogens with zero attached hydrogens (tertiary/aromatic N) is 2. The van der Waals surface area contributed by atoms with Crippen LogP contribution in [0, 0.1) is 5.82 Å². The van der Waals surface area contributed by atoms with Crippen LogP contribution in [0.25, 0.3) is 0 Å². The van der Waals surface area contributed by atoms with Crippen LogP contribution in [-0.2, 0) is 0 Å². The highest BCUT2D eigenvalue weighted by Crippen LogP contribution is 2.36. The Morgan fingerprint density at radius 1 is 1.50 bits per heavy atom. The number of rotatable bonds is 1. The molecule has 0 atom stereocenters. The normalized spacial score (nSPS) is 17.5. The maximum Gasteiger partial charge on any atom is 0.222 e. The van der Waals surface area contributed by atoms with Gasteiger partial charge in [-0.3, -0.25) is 0 Å². The van der Waals surface area contributed by atoms with Crippen LogP contribution >= 0.6 is 11.6 Å². The van der Waals surface area contributed by atoms with Crippen LogP contribution in [0.4, 0.5) is 4.39 Å². The lowest BCUT2D eigenvalue weighted by atomic mass is 9.83. The molecular formula is C8H8ClFN2. The van der Waals surface area contributed by atoms with Crippen molar-refractivity contribution in [2.45, 2.75) is 25.2 Å². The highest BCUT2D eigenvalue weighted by atomic mass is 35.5. The van der Waals surface area contributed by atoms with E-state index in [0.29, 0.717) is 5.69 Å². The molecule has 0 amide bonds. The van der Waals surface area contributed by atoms with Crippen molar-refractivity contribution >= 4 is 11.6 Å². The maximum absolute atomic E-state index is 13.1. The van der Waals surface area contributed by atoms with Gasteiger partial charge < -0.3 is 0 Å². The van der Waals surface area contributed by atoms with Gasteiger partial charge in [0.15, 0.2) is 5.82 Å². The van der Waals surface area contributed by atoms with Crippen molar-refractivity contribution in [3.05, 3.63) is 23.0 Å². The minimum atomic E-state index is -0.330. The fourth-order valence-corrected chi connectivity index (χ4v) is 1.47. The minimum Gasteiger partial charge on any atom is -0.223 e. The average Bonchev–Trinajstić information content (AvgIpc) is 1.93. The van der Waals surface area contributed by atoms with Gasteiger partial charge in [-0.1, -0.05) is 6.42 Å². The van der Waals surface area contributed by atoms with E-state index in [1.54, 1.807) is 0 Å². The van der Waals surface area contributed by atoms with E-state index < -0.39 is 0 Å². The zero-order chi connectivity index (χ0) is 8.55. The first-order valence-corrected chi connectivity index (χ1v) is 4.33. The van der Waals surface area contributed by atoms with Gasteiger partial charge in [0.1, 0.15) is 0 Å². The van der Waals surface area contributed by atoms with Gasteiger partial charge in [-0.05, 0) is 24.4 Å². The summed E-state index contributed by atoms with van der Waals surface area (Å²) in [6, 6.07) is 0. The third-order valence-corrected chi connectivity index (χ3v) is 2.42. The van der Waals surface area contributed by atoms with Crippen LogP contribution < -0.4 is 0 Å². The van der Waals surface area contributed by atoms with Gasteiger partial charge in [-0.25, -0.2) is 14.4 Å². The van der Waals surface area contributed by atoms with E-state index in [2.05, 4.69) is 9.97 Å². The Morgan fingerprint density at radius 3 is 2.83 bits per heavy atom. The summed E-state index contributed by atoms with van der Waals surface area (Å²) in [4.78, 5) is 7.43. The number of halogens is 2. The molecule has 1 fully saturated rings. The third-order valence-electron chi connectivity index (χ3n) is 2.23. The fourth-order valence-electron chi connectivity index (χ4n) is 1.33. The van der Waals surface area contributed by atoms with Crippen molar-refractivity contribution in [2.24, 2.45) is 0 Å². The summed E-state index contributed by atoms with van der Waals surface area (Å²) in [5.74, 6) is -0.0606. The summed E-state index contributed by atoms with van der Waals surface area (Å²) in [6.07, 6.45) is 4.34. The second-order valence-corrected chi connectivity index (χ2v) is 3.34. The molecule has 2 rings (SSSR count). The lowest BCUT2D eigenvalue weighted by Gasteiger charge is -2.24. The van der Waals surface area contributed by atoms with Crippen LogP contribution in [0.5, 0.6) is 0 Å². The lowest BCUT2D eigenvalue weighted by Crippen LogP contribution is -2.13. The van der Waals surface area contributed by atoms with Gasteiger partial charge in [0.2, 0.25) is 5.28 Å². The summed E-state index contributed by atoms with van der Waals surface area (Å²) in [5.41, 5.74) is 0.487. The first-order chi connectivity index (χ1) is 5.77. The molecule has 0 spiro atoms. The SMILES string of the molecule is Fc1cnc(Cl)nc1C1CCC1. The summed E-state index contributed by atoms with van der Waals surface area (Å²) < 4.78 is 13.1. The molecule has 0 saturated heterocycles. The van der Waals surface area contributed by atoms with Crippen LogP contribution in [0.1, 0.15) is 30.9 Å². The molecule has 1 saturated carbocycles. The number of aromatic nitrogens is 2. The monoisotopic (exact) mass is 186 g/mol. The Hall–Kier alpha value is -0.700. The van der Waals surface area contributed by atoms with Crippen molar-refractivity contribution in [1.82, 2.24) is 9.97 Å². The van der Waals surface area contributed by atoms with Gasteiger partial charge in [0.05, 0.1) is 11.9 Å². The van der Waals surface area contributed by atoms with Crippen LogP contribution in [-0.4, -0.2) is 9.97 Å².